The lowest BCUT2D eigenvalue weighted by atomic mass is 10.3. The standard InChI is InChI=1S/C12H17Cl2NO4S/c1-3-8(7-16)15-20(17,18)12-6-9(13)11(19-4-2)5-10(12)14/h5-6,8,15-16H,3-4,7H2,1-2H3. The smallest absolute Gasteiger partial charge is 0.242 e. The van der Waals surface area contributed by atoms with E-state index in [4.69, 9.17) is 33.0 Å². The molecule has 1 atom stereocenters. The summed E-state index contributed by atoms with van der Waals surface area (Å²) < 4.78 is 32.0. The van der Waals surface area contributed by atoms with Crippen LogP contribution in [0.3, 0.4) is 0 Å². The van der Waals surface area contributed by atoms with Gasteiger partial charge >= 0.3 is 0 Å². The topological polar surface area (TPSA) is 75.6 Å². The lowest BCUT2D eigenvalue weighted by Crippen LogP contribution is -2.37. The Morgan fingerprint density at radius 2 is 1.95 bits per heavy atom. The van der Waals surface area contributed by atoms with E-state index in [1.54, 1.807) is 13.8 Å². The highest BCUT2D eigenvalue weighted by Crippen LogP contribution is 2.33. The third kappa shape index (κ3) is 4.23. The Labute approximate surface area is 128 Å². The average Bonchev–Trinajstić information content (AvgIpc) is 2.40. The van der Waals surface area contributed by atoms with Crippen LogP contribution < -0.4 is 9.46 Å². The zero-order chi connectivity index (χ0) is 15.3. The third-order valence-corrected chi connectivity index (χ3v) is 4.89. The van der Waals surface area contributed by atoms with Gasteiger partial charge in [0.1, 0.15) is 10.6 Å². The third-order valence-electron chi connectivity index (χ3n) is 2.61. The Kier molecular flexibility index (Phi) is 6.54. The highest BCUT2D eigenvalue weighted by molar-refractivity contribution is 7.89. The van der Waals surface area contributed by atoms with Gasteiger partial charge in [-0.15, -0.1) is 0 Å². The van der Waals surface area contributed by atoms with Crippen LogP contribution in [-0.2, 0) is 10.0 Å². The fraction of sp³-hybridized carbons (Fsp3) is 0.500. The van der Waals surface area contributed by atoms with Crippen molar-refractivity contribution in [3.05, 3.63) is 22.2 Å². The second kappa shape index (κ2) is 7.47. The van der Waals surface area contributed by atoms with Gasteiger partial charge in [0.2, 0.25) is 10.0 Å². The quantitative estimate of drug-likeness (QED) is 0.798. The Morgan fingerprint density at radius 1 is 1.30 bits per heavy atom. The molecule has 114 valence electrons. The maximum absolute atomic E-state index is 12.2. The van der Waals surface area contributed by atoms with E-state index in [1.807, 2.05) is 0 Å². The van der Waals surface area contributed by atoms with Gasteiger partial charge in [0.15, 0.2) is 0 Å². The van der Waals surface area contributed by atoms with E-state index in [0.29, 0.717) is 18.8 Å². The van der Waals surface area contributed by atoms with Gasteiger partial charge in [0.05, 0.1) is 23.3 Å². The van der Waals surface area contributed by atoms with Crippen LogP contribution >= 0.6 is 23.2 Å². The van der Waals surface area contributed by atoms with Crippen molar-refractivity contribution in [1.82, 2.24) is 4.72 Å². The minimum atomic E-state index is -3.85. The van der Waals surface area contributed by atoms with Gasteiger partial charge in [0, 0.05) is 12.1 Å². The van der Waals surface area contributed by atoms with E-state index < -0.39 is 16.1 Å². The molecule has 0 radical (unpaired) electrons. The molecule has 5 nitrogen and oxygen atoms in total. The number of aliphatic hydroxyl groups is 1. The van der Waals surface area contributed by atoms with Crippen LogP contribution in [0.15, 0.2) is 17.0 Å². The molecule has 0 saturated carbocycles. The molecule has 2 N–H and O–H groups in total. The van der Waals surface area contributed by atoms with E-state index in [2.05, 4.69) is 4.72 Å². The molecule has 1 unspecified atom stereocenters. The van der Waals surface area contributed by atoms with E-state index in [1.165, 1.54) is 12.1 Å². The second-order valence-electron chi connectivity index (χ2n) is 4.06. The zero-order valence-electron chi connectivity index (χ0n) is 11.2. The minimum Gasteiger partial charge on any atom is -0.492 e. The number of ether oxygens (including phenoxy) is 1. The molecule has 0 bridgehead atoms. The molecular weight excluding hydrogens is 325 g/mol. The van der Waals surface area contributed by atoms with Crippen molar-refractivity contribution in [2.24, 2.45) is 0 Å². The molecule has 0 amide bonds. The molecule has 0 spiro atoms. The average molecular weight is 342 g/mol. The van der Waals surface area contributed by atoms with Gasteiger partial charge in [-0.1, -0.05) is 30.1 Å². The summed E-state index contributed by atoms with van der Waals surface area (Å²) in [6.07, 6.45) is 0.456. The van der Waals surface area contributed by atoms with E-state index in [-0.39, 0.29) is 21.5 Å². The van der Waals surface area contributed by atoms with Gasteiger partial charge in [-0.05, 0) is 19.4 Å². The summed E-state index contributed by atoms with van der Waals surface area (Å²) in [5, 5.41) is 9.24. The summed E-state index contributed by atoms with van der Waals surface area (Å²) >= 11 is 11.9. The maximum Gasteiger partial charge on any atom is 0.242 e. The first-order valence-electron chi connectivity index (χ1n) is 6.10. The van der Waals surface area contributed by atoms with Crippen molar-refractivity contribution in [2.75, 3.05) is 13.2 Å². The second-order valence-corrected chi connectivity index (χ2v) is 6.55. The molecule has 0 aliphatic heterocycles. The van der Waals surface area contributed by atoms with Gasteiger partial charge in [-0.2, -0.15) is 0 Å². The largest absolute Gasteiger partial charge is 0.492 e. The summed E-state index contributed by atoms with van der Waals surface area (Å²) in [6.45, 7) is 3.64. The number of hydrogen-bond donors (Lipinski definition) is 2. The predicted molar refractivity (Wildman–Crippen MR) is 79.1 cm³/mol. The molecule has 8 heteroatoms. The SMILES string of the molecule is CCOc1cc(Cl)c(S(=O)(=O)NC(CC)CO)cc1Cl. The molecule has 0 aromatic heterocycles. The van der Waals surface area contributed by atoms with Crippen molar-refractivity contribution in [2.45, 2.75) is 31.2 Å². The minimum absolute atomic E-state index is 0.0122. The normalized spacial score (nSPS) is 13.2. The summed E-state index contributed by atoms with van der Waals surface area (Å²) in [5.74, 6) is 0.326. The van der Waals surface area contributed by atoms with E-state index in [9.17, 15) is 8.42 Å². The fourth-order valence-corrected chi connectivity index (χ4v) is 3.65. The molecule has 0 fully saturated rings. The van der Waals surface area contributed by atoms with Crippen LogP contribution in [0.1, 0.15) is 20.3 Å². The molecule has 1 aromatic rings. The van der Waals surface area contributed by atoms with Gasteiger partial charge < -0.3 is 9.84 Å². The molecule has 20 heavy (non-hydrogen) atoms. The van der Waals surface area contributed by atoms with E-state index >= 15 is 0 Å². The Hall–Kier alpha value is -0.530. The van der Waals surface area contributed by atoms with Crippen molar-refractivity contribution in [3.63, 3.8) is 0 Å². The lowest BCUT2D eigenvalue weighted by Gasteiger charge is -2.16. The molecule has 0 aliphatic carbocycles. The van der Waals surface area contributed by atoms with Crippen LogP contribution in [0.2, 0.25) is 10.0 Å². The molecule has 1 rings (SSSR count). The lowest BCUT2D eigenvalue weighted by molar-refractivity contribution is 0.254. The van der Waals surface area contributed by atoms with Crippen molar-refractivity contribution in [1.29, 1.82) is 0 Å². The highest BCUT2D eigenvalue weighted by atomic mass is 35.5. The number of hydrogen-bond acceptors (Lipinski definition) is 4. The van der Waals surface area contributed by atoms with E-state index in [0.717, 1.165) is 0 Å². The van der Waals surface area contributed by atoms with Crippen molar-refractivity contribution >= 4 is 33.2 Å². The van der Waals surface area contributed by atoms with Crippen LogP contribution in [-0.4, -0.2) is 32.8 Å². The fourth-order valence-electron chi connectivity index (χ4n) is 1.51. The first kappa shape index (κ1) is 17.5. The summed E-state index contributed by atoms with van der Waals surface area (Å²) in [6, 6.07) is 2.03. The highest BCUT2D eigenvalue weighted by Gasteiger charge is 2.23. The Bertz CT molecular complexity index is 559. The molecule has 1 aromatic carbocycles. The molecule has 0 aliphatic rings. The summed E-state index contributed by atoms with van der Waals surface area (Å²) in [7, 11) is -3.85. The Balaban J connectivity index is 3.16. The number of aliphatic hydroxyl groups excluding tert-OH is 1. The monoisotopic (exact) mass is 341 g/mol. The number of benzene rings is 1. The number of sulfonamides is 1. The first-order valence-corrected chi connectivity index (χ1v) is 8.34. The van der Waals surface area contributed by atoms with Gasteiger partial charge in [-0.3, -0.25) is 0 Å². The number of halogens is 2. The van der Waals surface area contributed by atoms with Crippen molar-refractivity contribution < 1.29 is 18.3 Å². The Morgan fingerprint density at radius 3 is 2.45 bits per heavy atom. The maximum atomic E-state index is 12.2. The number of rotatable bonds is 7. The molecular formula is C12H17Cl2NO4S. The predicted octanol–water partition coefficient (Wildman–Crippen LogP) is 2.44. The van der Waals surface area contributed by atoms with Crippen LogP contribution in [0.4, 0.5) is 0 Å². The summed E-state index contributed by atoms with van der Waals surface area (Å²) in [5.41, 5.74) is 0. The van der Waals surface area contributed by atoms with Crippen LogP contribution in [0.5, 0.6) is 5.75 Å². The number of nitrogens with one attached hydrogen (secondary N) is 1. The van der Waals surface area contributed by atoms with Crippen LogP contribution in [0.25, 0.3) is 0 Å². The first-order chi connectivity index (χ1) is 9.35. The van der Waals surface area contributed by atoms with Crippen LogP contribution in [0, 0.1) is 0 Å². The van der Waals surface area contributed by atoms with Gasteiger partial charge in [0.25, 0.3) is 0 Å². The molecule has 0 heterocycles. The zero-order valence-corrected chi connectivity index (χ0v) is 13.5. The van der Waals surface area contributed by atoms with Gasteiger partial charge in [-0.25, -0.2) is 13.1 Å². The van der Waals surface area contributed by atoms with Crippen molar-refractivity contribution in [3.8, 4) is 5.75 Å². The molecule has 0 saturated heterocycles. The summed E-state index contributed by atoms with van der Waals surface area (Å²) in [4.78, 5) is -0.139.